The fourth-order valence-electron chi connectivity index (χ4n) is 2.01. The number of carbonyl (C=O) groups excluding carboxylic acids is 1. The van der Waals surface area contributed by atoms with E-state index in [2.05, 4.69) is 0 Å². The first-order chi connectivity index (χ1) is 8.95. The fourth-order valence-corrected chi connectivity index (χ4v) is 2.51. The topological polar surface area (TPSA) is 52.3 Å². The van der Waals surface area contributed by atoms with Gasteiger partial charge < -0.3 is 10.5 Å². The second kappa shape index (κ2) is 7.13. The van der Waals surface area contributed by atoms with Gasteiger partial charge >= 0.3 is 5.97 Å². The molecule has 3 nitrogen and oxygen atoms in total. The molecule has 1 aromatic carbocycles. The first-order valence-electron chi connectivity index (χ1n) is 6.28. The lowest BCUT2D eigenvalue weighted by Crippen LogP contribution is -2.35. The Morgan fingerprint density at radius 1 is 1.42 bits per heavy atom. The van der Waals surface area contributed by atoms with Gasteiger partial charge in [0, 0.05) is 10.0 Å². The van der Waals surface area contributed by atoms with E-state index in [1.54, 1.807) is 25.1 Å². The van der Waals surface area contributed by atoms with Gasteiger partial charge in [-0.25, -0.2) is 0 Å². The lowest BCUT2D eigenvalue weighted by molar-refractivity contribution is -0.149. The maximum Gasteiger partial charge on any atom is 0.316 e. The van der Waals surface area contributed by atoms with Gasteiger partial charge in [0.2, 0.25) is 0 Å². The quantitative estimate of drug-likeness (QED) is 0.818. The number of carbonyl (C=O) groups is 1. The van der Waals surface area contributed by atoms with Crippen molar-refractivity contribution in [3.05, 3.63) is 33.8 Å². The molecule has 0 aromatic heterocycles. The van der Waals surface area contributed by atoms with Crippen molar-refractivity contribution in [3.63, 3.8) is 0 Å². The number of rotatable bonds is 6. The van der Waals surface area contributed by atoms with Gasteiger partial charge in [-0.1, -0.05) is 23.2 Å². The van der Waals surface area contributed by atoms with Crippen LogP contribution in [0.25, 0.3) is 0 Å². The third kappa shape index (κ3) is 3.85. The van der Waals surface area contributed by atoms with E-state index in [0.29, 0.717) is 41.6 Å². The van der Waals surface area contributed by atoms with Crippen LogP contribution >= 0.6 is 23.2 Å². The number of hydrogen-bond acceptors (Lipinski definition) is 3. The normalized spacial score (nSPS) is 13.9. The molecule has 1 rings (SSSR count). The van der Waals surface area contributed by atoms with Gasteiger partial charge in [0.15, 0.2) is 0 Å². The summed E-state index contributed by atoms with van der Waals surface area (Å²) in [5.74, 6) is -0.299. The molecule has 0 aliphatic carbocycles. The van der Waals surface area contributed by atoms with E-state index in [0.717, 1.165) is 0 Å². The van der Waals surface area contributed by atoms with E-state index in [1.807, 2.05) is 6.92 Å². The molecule has 0 amide bonds. The van der Waals surface area contributed by atoms with Crippen LogP contribution in [0.3, 0.4) is 0 Å². The average molecular weight is 304 g/mol. The van der Waals surface area contributed by atoms with Crippen LogP contribution in [-0.4, -0.2) is 19.1 Å². The van der Waals surface area contributed by atoms with E-state index in [4.69, 9.17) is 33.7 Å². The number of nitrogens with two attached hydrogens (primary N) is 1. The van der Waals surface area contributed by atoms with Crippen molar-refractivity contribution in [2.24, 2.45) is 5.73 Å². The Balaban J connectivity index is 3.21. The van der Waals surface area contributed by atoms with Crippen LogP contribution in [0.4, 0.5) is 0 Å². The highest BCUT2D eigenvalue weighted by Gasteiger charge is 2.37. The molecule has 0 aliphatic rings. The zero-order valence-electron chi connectivity index (χ0n) is 11.2. The van der Waals surface area contributed by atoms with Crippen molar-refractivity contribution in [2.75, 3.05) is 13.2 Å². The Hall–Kier alpha value is -0.770. The van der Waals surface area contributed by atoms with Gasteiger partial charge in [-0.15, -0.1) is 0 Å². The van der Waals surface area contributed by atoms with E-state index in [-0.39, 0.29) is 5.97 Å². The predicted octanol–water partition coefficient (Wildman–Crippen LogP) is 3.55. The van der Waals surface area contributed by atoms with Crippen LogP contribution in [0, 0.1) is 0 Å². The summed E-state index contributed by atoms with van der Waals surface area (Å²) in [6, 6.07) is 5.11. The fraction of sp³-hybridized carbons (Fsp3) is 0.500. The lowest BCUT2D eigenvalue weighted by Gasteiger charge is -2.28. The minimum Gasteiger partial charge on any atom is -0.465 e. The summed E-state index contributed by atoms with van der Waals surface area (Å²) >= 11 is 12.2. The highest BCUT2D eigenvalue weighted by Crippen LogP contribution is 2.36. The second-order valence-corrected chi connectivity index (χ2v) is 5.41. The number of esters is 1. The van der Waals surface area contributed by atoms with Gasteiger partial charge in [0.05, 0.1) is 12.0 Å². The lowest BCUT2D eigenvalue weighted by atomic mass is 9.78. The monoisotopic (exact) mass is 303 g/mol. The molecule has 0 saturated heterocycles. The van der Waals surface area contributed by atoms with Crippen LogP contribution in [0.2, 0.25) is 10.0 Å². The van der Waals surface area contributed by atoms with Crippen molar-refractivity contribution in [1.29, 1.82) is 0 Å². The molecule has 1 unspecified atom stereocenters. The van der Waals surface area contributed by atoms with Crippen molar-refractivity contribution >= 4 is 29.2 Å². The highest BCUT2D eigenvalue weighted by molar-refractivity contribution is 6.34. The first-order valence-corrected chi connectivity index (χ1v) is 7.04. The Morgan fingerprint density at radius 3 is 2.68 bits per heavy atom. The first kappa shape index (κ1) is 16.3. The van der Waals surface area contributed by atoms with Crippen molar-refractivity contribution in [3.8, 4) is 0 Å². The molecule has 0 fully saturated rings. The van der Waals surface area contributed by atoms with Crippen LogP contribution in [-0.2, 0) is 14.9 Å². The largest absolute Gasteiger partial charge is 0.465 e. The predicted molar refractivity (Wildman–Crippen MR) is 78.7 cm³/mol. The van der Waals surface area contributed by atoms with E-state index in [1.165, 1.54) is 0 Å². The van der Waals surface area contributed by atoms with Gasteiger partial charge in [-0.05, 0) is 57.0 Å². The maximum atomic E-state index is 12.3. The van der Waals surface area contributed by atoms with Crippen molar-refractivity contribution in [2.45, 2.75) is 32.1 Å². The molecule has 5 heteroatoms. The number of ether oxygens (including phenoxy) is 1. The summed E-state index contributed by atoms with van der Waals surface area (Å²) in [7, 11) is 0. The molecule has 0 radical (unpaired) electrons. The molecule has 1 atom stereocenters. The Morgan fingerprint density at radius 2 is 2.11 bits per heavy atom. The molecule has 0 heterocycles. The molecular formula is C14H19Cl2NO2. The summed E-state index contributed by atoms with van der Waals surface area (Å²) in [6.07, 6.45) is 1.28. The van der Waals surface area contributed by atoms with Crippen molar-refractivity contribution in [1.82, 2.24) is 0 Å². The summed E-state index contributed by atoms with van der Waals surface area (Å²) in [5.41, 5.74) is 5.41. The minimum atomic E-state index is -0.822. The maximum absolute atomic E-state index is 12.3. The summed E-state index contributed by atoms with van der Waals surface area (Å²) in [5, 5.41) is 1.06. The van der Waals surface area contributed by atoms with Crippen LogP contribution < -0.4 is 5.73 Å². The highest BCUT2D eigenvalue weighted by atomic mass is 35.5. The standard InChI is InChI=1S/C14H19Cl2NO2/c1-3-19-13(18)14(2,7-4-8-17)11-9-10(15)5-6-12(11)16/h5-6,9H,3-4,7-8,17H2,1-2H3. The number of hydrogen-bond donors (Lipinski definition) is 1. The van der Waals surface area contributed by atoms with Crippen molar-refractivity contribution < 1.29 is 9.53 Å². The third-order valence-electron chi connectivity index (χ3n) is 3.13. The van der Waals surface area contributed by atoms with Gasteiger partial charge in [0.1, 0.15) is 0 Å². The van der Waals surface area contributed by atoms with E-state index < -0.39 is 5.41 Å². The van der Waals surface area contributed by atoms with Crippen LogP contribution in [0.1, 0.15) is 32.3 Å². The second-order valence-electron chi connectivity index (χ2n) is 4.57. The molecule has 106 valence electrons. The molecule has 1 aromatic rings. The Labute approximate surface area is 124 Å². The van der Waals surface area contributed by atoms with E-state index in [9.17, 15) is 4.79 Å². The zero-order chi connectivity index (χ0) is 14.5. The molecule has 2 N–H and O–H groups in total. The zero-order valence-corrected chi connectivity index (χ0v) is 12.7. The van der Waals surface area contributed by atoms with E-state index >= 15 is 0 Å². The molecule has 0 aliphatic heterocycles. The minimum absolute atomic E-state index is 0.299. The van der Waals surface area contributed by atoms with Crippen LogP contribution in [0.5, 0.6) is 0 Å². The Bertz CT molecular complexity index is 451. The van der Waals surface area contributed by atoms with Crippen LogP contribution in [0.15, 0.2) is 18.2 Å². The van der Waals surface area contributed by atoms with Gasteiger partial charge in [-0.2, -0.15) is 0 Å². The molecule has 0 spiro atoms. The van der Waals surface area contributed by atoms with Gasteiger partial charge in [0.25, 0.3) is 0 Å². The Kier molecular flexibility index (Phi) is 6.11. The SMILES string of the molecule is CCOC(=O)C(C)(CCCN)c1cc(Cl)ccc1Cl. The molecule has 0 bridgehead atoms. The average Bonchev–Trinajstić information content (AvgIpc) is 2.39. The van der Waals surface area contributed by atoms with Gasteiger partial charge in [-0.3, -0.25) is 4.79 Å². The molecular weight excluding hydrogens is 285 g/mol. The summed E-state index contributed by atoms with van der Waals surface area (Å²) in [4.78, 5) is 12.3. The molecule has 0 saturated carbocycles. The third-order valence-corrected chi connectivity index (χ3v) is 3.69. The smallest absolute Gasteiger partial charge is 0.316 e. The summed E-state index contributed by atoms with van der Waals surface area (Å²) < 4.78 is 5.17. The molecule has 19 heavy (non-hydrogen) atoms. The number of benzene rings is 1. The number of halogens is 2. The summed E-state index contributed by atoms with van der Waals surface area (Å²) in [6.45, 7) is 4.43.